The lowest BCUT2D eigenvalue weighted by Crippen LogP contribution is -2.01. The van der Waals surface area contributed by atoms with Crippen LogP contribution in [0.4, 0.5) is 0 Å². The highest BCUT2D eigenvalue weighted by molar-refractivity contribution is 7.98. The number of aryl methyl sites for hydroxylation is 1. The molecule has 8 heteroatoms. The minimum Gasteiger partial charge on any atom is -0.508 e. The average Bonchev–Trinajstić information content (AvgIpc) is 3.12. The van der Waals surface area contributed by atoms with Gasteiger partial charge in [0.25, 0.3) is 5.22 Å². The third kappa shape index (κ3) is 3.56. The van der Waals surface area contributed by atoms with E-state index in [1.54, 1.807) is 31.2 Å². The minimum absolute atomic E-state index is 0.0820. The zero-order chi connectivity index (χ0) is 19.0. The van der Waals surface area contributed by atoms with Gasteiger partial charge in [0.05, 0.1) is 0 Å². The zero-order valence-corrected chi connectivity index (χ0v) is 15.7. The second-order valence-electron chi connectivity index (χ2n) is 5.85. The molecule has 0 aliphatic carbocycles. The van der Waals surface area contributed by atoms with E-state index >= 15 is 0 Å². The molecule has 0 amide bonds. The Balaban J connectivity index is 1.61. The standard InChI is InChI=1S/C19H13ClN2O4S/c1-10-15(23)6-5-14-12(8-16(24)25-17(10)14)9-27-19-22-21-18(26-19)11-3-2-4-13(20)7-11/h2-8,23H,9H2,1H3. The molecule has 4 aromatic rings. The van der Waals surface area contributed by atoms with Crippen molar-refractivity contribution in [3.63, 3.8) is 0 Å². The van der Waals surface area contributed by atoms with Gasteiger partial charge < -0.3 is 13.9 Å². The fraction of sp³-hybridized carbons (Fsp3) is 0.105. The normalized spacial score (nSPS) is 11.2. The number of benzene rings is 2. The molecule has 136 valence electrons. The number of phenols is 1. The van der Waals surface area contributed by atoms with E-state index in [2.05, 4.69) is 10.2 Å². The first-order valence-corrected chi connectivity index (χ1v) is 9.35. The fourth-order valence-corrected chi connectivity index (χ4v) is 3.63. The van der Waals surface area contributed by atoms with Crippen LogP contribution in [0, 0.1) is 6.92 Å². The van der Waals surface area contributed by atoms with Gasteiger partial charge in [-0.15, -0.1) is 10.2 Å². The van der Waals surface area contributed by atoms with Gasteiger partial charge >= 0.3 is 5.63 Å². The lowest BCUT2D eigenvalue weighted by Gasteiger charge is -2.07. The molecule has 4 rings (SSSR count). The van der Waals surface area contributed by atoms with Crippen LogP contribution < -0.4 is 5.63 Å². The smallest absolute Gasteiger partial charge is 0.336 e. The monoisotopic (exact) mass is 400 g/mol. The number of aromatic hydroxyl groups is 1. The first-order valence-electron chi connectivity index (χ1n) is 7.99. The quantitative estimate of drug-likeness (QED) is 0.388. The summed E-state index contributed by atoms with van der Waals surface area (Å²) in [5.41, 5.74) is 1.92. The summed E-state index contributed by atoms with van der Waals surface area (Å²) in [6, 6.07) is 11.9. The Morgan fingerprint density at radius 1 is 1.15 bits per heavy atom. The van der Waals surface area contributed by atoms with E-state index in [0.717, 1.165) is 16.5 Å². The largest absolute Gasteiger partial charge is 0.508 e. The van der Waals surface area contributed by atoms with Crippen LogP contribution in [0.15, 0.2) is 61.3 Å². The van der Waals surface area contributed by atoms with Crippen LogP contribution >= 0.6 is 23.4 Å². The first-order chi connectivity index (χ1) is 13.0. The van der Waals surface area contributed by atoms with Gasteiger partial charge in [0.15, 0.2) is 0 Å². The van der Waals surface area contributed by atoms with Crippen molar-refractivity contribution in [3.05, 3.63) is 69.0 Å². The number of aromatic nitrogens is 2. The van der Waals surface area contributed by atoms with Crippen LogP contribution in [0.2, 0.25) is 5.02 Å². The number of nitrogens with zero attached hydrogens (tertiary/aromatic N) is 2. The van der Waals surface area contributed by atoms with E-state index in [4.69, 9.17) is 20.4 Å². The summed E-state index contributed by atoms with van der Waals surface area (Å²) < 4.78 is 10.9. The lowest BCUT2D eigenvalue weighted by molar-refractivity contribution is 0.465. The Morgan fingerprint density at radius 3 is 2.81 bits per heavy atom. The van der Waals surface area contributed by atoms with E-state index < -0.39 is 5.63 Å². The Morgan fingerprint density at radius 2 is 2.00 bits per heavy atom. The molecule has 0 radical (unpaired) electrons. The highest BCUT2D eigenvalue weighted by Gasteiger charge is 2.14. The molecule has 0 saturated heterocycles. The molecule has 1 N–H and O–H groups in total. The third-order valence-corrected chi connectivity index (χ3v) is 5.15. The molecule has 2 heterocycles. The molecule has 0 unspecified atom stereocenters. The van der Waals surface area contributed by atoms with Gasteiger partial charge in [-0.25, -0.2) is 4.79 Å². The van der Waals surface area contributed by atoms with Gasteiger partial charge in [-0.05, 0) is 42.8 Å². The van der Waals surface area contributed by atoms with E-state index in [1.165, 1.54) is 17.8 Å². The summed E-state index contributed by atoms with van der Waals surface area (Å²) in [6.45, 7) is 1.70. The average molecular weight is 401 g/mol. The van der Waals surface area contributed by atoms with Crippen LogP contribution in [0.25, 0.3) is 22.4 Å². The number of thioether (sulfide) groups is 1. The summed E-state index contributed by atoms with van der Waals surface area (Å²) >= 11 is 7.30. The maximum absolute atomic E-state index is 11.9. The van der Waals surface area contributed by atoms with Gasteiger partial charge in [0.2, 0.25) is 5.89 Å². The lowest BCUT2D eigenvalue weighted by atomic mass is 10.1. The molecule has 2 aromatic carbocycles. The van der Waals surface area contributed by atoms with Crippen LogP contribution in [-0.2, 0) is 5.75 Å². The number of phenolic OH excluding ortho intramolecular Hbond substituents is 1. The minimum atomic E-state index is -0.475. The Kier molecular flexibility index (Phi) is 4.63. The van der Waals surface area contributed by atoms with Gasteiger partial charge in [-0.2, -0.15) is 0 Å². The molecule has 0 fully saturated rings. The van der Waals surface area contributed by atoms with E-state index in [0.29, 0.717) is 33.0 Å². The molecule has 0 atom stereocenters. The topological polar surface area (TPSA) is 89.4 Å². The van der Waals surface area contributed by atoms with E-state index in [9.17, 15) is 9.90 Å². The van der Waals surface area contributed by atoms with Gasteiger partial charge in [-0.3, -0.25) is 0 Å². The van der Waals surface area contributed by atoms with Crippen molar-refractivity contribution in [1.82, 2.24) is 10.2 Å². The molecular formula is C19H13ClN2O4S. The van der Waals surface area contributed by atoms with Crippen molar-refractivity contribution < 1.29 is 13.9 Å². The summed E-state index contributed by atoms with van der Waals surface area (Å²) in [6.07, 6.45) is 0. The second kappa shape index (κ2) is 7.09. The second-order valence-corrected chi connectivity index (χ2v) is 7.21. The predicted molar refractivity (Wildman–Crippen MR) is 103 cm³/mol. The zero-order valence-electron chi connectivity index (χ0n) is 14.1. The Labute approximate surface area is 162 Å². The molecule has 0 bridgehead atoms. The third-order valence-electron chi connectivity index (χ3n) is 4.05. The van der Waals surface area contributed by atoms with Gasteiger partial charge in [0.1, 0.15) is 11.3 Å². The van der Waals surface area contributed by atoms with Crippen molar-refractivity contribution in [2.75, 3.05) is 0 Å². The number of rotatable bonds is 4. The van der Waals surface area contributed by atoms with Crippen LogP contribution in [0.5, 0.6) is 5.75 Å². The van der Waals surface area contributed by atoms with Crippen LogP contribution in [-0.4, -0.2) is 15.3 Å². The number of hydrogen-bond acceptors (Lipinski definition) is 7. The van der Waals surface area contributed by atoms with Crippen molar-refractivity contribution in [3.8, 4) is 17.2 Å². The van der Waals surface area contributed by atoms with Crippen LogP contribution in [0.3, 0.4) is 0 Å². The maximum Gasteiger partial charge on any atom is 0.336 e. The summed E-state index contributed by atoms with van der Waals surface area (Å²) in [5, 5.41) is 19.6. The fourth-order valence-electron chi connectivity index (χ4n) is 2.68. The van der Waals surface area contributed by atoms with Crippen molar-refractivity contribution in [2.45, 2.75) is 17.9 Å². The Hall–Kier alpha value is -2.77. The molecule has 0 saturated carbocycles. The maximum atomic E-state index is 11.9. The molecule has 0 aliphatic heterocycles. The first kappa shape index (κ1) is 17.6. The van der Waals surface area contributed by atoms with Crippen molar-refractivity contribution >= 4 is 34.3 Å². The van der Waals surface area contributed by atoms with E-state index in [-0.39, 0.29) is 5.75 Å². The predicted octanol–water partition coefficient (Wildman–Crippen LogP) is 4.80. The van der Waals surface area contributed by atoms with Gasteiger partial charge in [0, 0.05) is 33.4 Å². The van der Waals surface area contributed by atoms with Gasteiger partial charge in [-0.1, -0.05) is 29.4 Å². The van der Waals surface area contributed by atoms with Crippen molar-refractivity contribution in [2.24, 2.45) is 0 Å². The highest BCUT2D eigenvalue weighted by Crippen LogP contribution is 2.31. The molecule has 2 aromatic heterocycles. The molecule has 27 heavy (non-hydrogen) atoms. The summed E-state index contributed by atoms with van der Waals surface area (Å²) in [5.74, 6) is 0.889. The van der Waals surface area contributed by atoms with E-state index in [1.807, 2.05) is 12.1 Å². The molecular weight excluding hydrogens is 388 g/mol. The molecule has 6 nitrogen and oxygen atoms in total. The number of hydrogen-bond donors (Lipinski definition) is 1. The SMILES string of the molecule is Cc1c(O)ccc2c(CSc3nnc(-c4cccc(Cl)c4)o3)cc(=O)oc12. The Bertz CT molecular complexity index is 1200. The van der Waals surface area contributed by atoms with Crippen molar-refractivity contribution in [1.29, 1.82) is 0 Å². The highest BCUT2D eigenvalue weighted by atomic mass is 35.5. The molecule has 0 aliphatic rings. The number of fused-ring (bicyclic) bond motifs is 1. The van der Waals surface area contributed by atoms with Crippen LogP contribution in [0.1, 0.15) is 11.1 Å². The number of halogens is 1. The summed E-state index contributed by atoms with van der Waals surface area (Å²) in [4.78, 5) is 11.9. The summed E-state index contributed by atoms with van der Waals surface area (Å²) in [7, 11) is 0. The molecule has 0 spiro atoms.